The lowest BCUT2D eigenvalue weighted by atomic mass is 10.1. The molecule has 0 fully saturated rings. The smallest absolute Gasteiger partial charge is 0.279 e. The third kappa shape index (κ3) is 6.51. The van der Waals surface area contributed by atoms with E-state index in [1.165, 1.54) is 6.08 Å². The van der Waals surface area contributed by atoms with Crippen molar-refractivity contribution in [3.8, 4) is 11.5 Å². The maximum atomic E-state index is 12.1. The van der Waals surface area contributed by atoms with Gasteiger partial charge in [0.15, 0.2) is 6.10 Å². The Kier molecular flexibility index (Phi) is 7.43. The zero-order valence-corrected chi connectivity index (χ0v) is 15.7. The fourth-order valence-electron chi connectivity index (χ4n) is 2.24. The molecule has 0 radical (unpaired) electrons. The molecule has 0 aliphatic carbocycles. The molecule has 0 spiro atoms. The van der Waals surface area contributed by atoms with Crippen LogP contribution in [-0.2, 0) is 9.59 Å². The molecule has 0 unspecified atom stereocenters. The summed E-state index contributed by atoms with van der Waals surface area (Å²) < 4.78 is 10.9. The number of carbonyl (C=O) groups excluding carboxylic acids is 2. The highest BCUT2D eigenvalue weighted by molar-refractivity contribution is 5.93. The lowest BCUT2D eigenvalue weighted by Crippen LogP contribution is -2.46. The summed E-state index contributed by atoms with van der Waals surface area (Å²) in [5.74, 6) is 0.378. The van der Waals surface area contributed by atoms with Gasteiger partial charge in [-0.25, -0.2) is 0 Å². The van der Waals surface area contributed by atoms with Crippen LogP contribution in [-0.4, -0.2) is 24.5 Å². The van der Waals surface area contributed by atoms with Crippen LogP contribution in [0.5, 0.6) is 11.5 Å². The summed E-state index contributed by atoms with van der Waals surface area (Å²) in [7, 11) is 0. The number of amides is 2. The maximum Gasteiger partial charge on any atom is 0.279 e. The van der Waals surface area contributed by atoms with Gasteiger partial charge in [0.1, 0.15) is 11.5 Å². The lowest BCUT2D eigenvalue weighted by molar-refractivity contribution is -0.131. The second-order valence-corrected chi connectivity index (χ2v) is 5.83. The second kappa shape index (κ2) is 10.0. The summed E-state index contributed by atoms with van der Waals surface area (Å²) in [6.07, 6.45) is 2.28. The van der Waals surface area contributed by atoms with Gasteiger partial charge < -0.3 is 9.47 Å². The summed E-state index contributed by atoms with van der Waals surface area (Å²) in [5, 5.41) is 0. The van der Waals surface area contributed by atoms with Gasteiger partial charge in [-0.05, 0) is 62.2 Å². The van der Waals surface area contributed by atoms with Gasteiger partial charge in [0, 0.05) is 6.08 Å². The van der Waals surface area contributed by atoms with Gasteiger partial charge in [0.05, 0.1) is 6.61 Å². The van der Waals surface area contributed by atoms with Gasteiger partial charge in [-0.3, -0.25) is 20.4 Å². The molecule has 0 aromatic heterocycles. The first-order valence-corrected chi connectivity index (χ1v) is 8.72. The Morgan fingerprint density at radius 1 is 1.04 bits per heavy atom. The number of carbonyl (C=O) groups is 2. The van der Waals surface area contributed by atoms with Crippen LogP contribution in [0.3, 0.4) is 0 Å². The van der Waals surface area contributed by atoms with E-state index in [9.17, 15) is 9.59 Å². The van der Waals surface area contributed by atoms with Crippen LogP contribution in [0, 0.1) is 6.92 Å². The molecule has 0 aliphatic rings. The van der Waals surface area contributed by atoms with Gasteiger partial charge in [-0.1, -0.05) is 24.3 Å². The Bertz CT molecular complexity index is 800. The number of hydrogen-bond acceptors (Lipinski definition) is 4. The normalized spacial score (nSPS) is 11.7. The molecule has 2 rings (SSSR count). The molecule has 0 bridgehead atoms. The average molecular weight is 368 g/mol. The fraction of sp³-hybridized carbons (Fsp3) is 0.238. The Morgan fingerprint density at radius 2 is 1.70 bits per heavy atom. The highest BCUT2D eigenvalue weighted by Gasteiger charge is 2.15. The van der Waals surface area contributed by atoms with Gasteiger partial charge in [-0.15, -0.1) is 0 Å². The van der Waals surface area contributed by atoms with Gasteiger partial charge >= 0.3 is 0 Å². The van der Waals surface area contributed by atoms with E-state index in [1.54, 1.807) is 37.3 Å². The van der Waals surface area contributed by atoms with Crippen LogP contribution in [0.1, 0.15) is 25.0 Å². The van der Waals surface area contributed by atoms with E-state index in [0.29, 0.717) is 12.4 Å². The summed E-state index contributed by atoms with van der Waals surface area (Å²) in [6.45, 7) is 6.04. The summed E-state index contributed by atoms with van der Waals surface area (Å²) in [6, 6.07) is 14.7. The fourth-order valence-corrected chi connectivity index (χ4v) is 2.24. The van der Waals surface area contributed by atoms with E-state index in [-0.39, 0.29) is 0 Å². The van der Waals surface area contributed by atoms with Gasteiger partial charge in [0.25, 0.3) is 11.8 Å². The van der Waals surface area contributed by atoms with E-state index in [1.807, 2.05) is 38.1 Å². The molecule has 0 aliphatic heterocycles. The molecule has 0 saturated carbocycles. The van der Waals surface area contributed by atoms with Crippen LogP contribution in [0.4, 0.5) is 0 Å². The third-order valence-electron chi connectivity index (χ3n) is 3.73. The number of nitrogens with one attached hydrogen (secondary N) is 2. The molecule has 1 atom stereocenters. The van der Waals surface area contributed by atoms with E-state index in [2.05, 4.69) is 10.9 Å². The molecule has 2 aromatic carbocycles. The van der Waals surface area contributed by atoms with Crippen molar-refractivity contribution in [1.29, 1.82) is 0 Å². The number of hydrogen-bond donors (Lipinski definition) is 2. The molecule has 2 amide bonds. The number of rotatable bonds is 7. The first-order valence-electron chi connectivity index (χ1n) is 8.72. The number of ether oxygens (including phenoxy) is 2. The van der Waals surface area contributed by atoms with Crippen molar-refractivity contribution in [1.82, 2.24) is 10.9 Å². The standard InChI is InChI=1S/C21H24N2O4/c1-4-26-18-10-12-19(13-11-18)27-16(3)21(25)23-22-20(24)14-9-17-8-6-5-7-15(17)2/h5-14,16H,4H2,1-3H3,(H,22,24)(H,23,25)/b14-9+/t16-/m1/s1. The minimum absolute atomic E-state index is 0.431. The second-order valence-electron chi connectivity index (χ2n) is 5.83. The van der Waals surface area contributed by atoms with Crippen LogP contribution in [0.25, 0.3) is 6.08 Å². The van der Waals surface area contributed by atoms with Crippen molar-refractivity contribution in [3.63, 3.8) is 0 Å². The molecule has 6 nitrogen and oxygen atoms in total. The quantitative estimate of drug-likeness (QED) is 0.582. The number of aryl methyl sites for hydroxylation is 1. The highest BCUT2D eigenvalue weighted by Crippen LogP contribution is 2.18. The largest absolute Gasteiger partial charge is 0.494 e. The Labute approximate surface area is 159 Å². The number of hydrazine groups is 1. The Hall–Kier alpha value is -3.28. The molecule has 27 heavy (non-hydrogen) atoms. The predicted octanol–water partition coefficient (Wildman–Crippen LogP) is 3.02. The first kappa shape index (κ1) is 20.0. The Morgan fingerprint density at radius 3 is 2.37 bits per heavy atom. The molecule has 142 valence electrons. The van der Waals surface area contributed by atoms with Crippen molar-refractivity contribution >= 4 is 17.9 Å². The molecular weight excluding hydrogens is 344 g/mol. The summed E-state index contributed by atoms with van der Waals surface area (Å²) in [4.78, 5) is 23.9. The molecule has 0 saturated heterocycles. The van der Waals surface area contributed by atoms with Crippen LogP contribution in [0.15, 0.2) is 54.6 Å². The monoisotopic (exact) mass is 368 g/mol. The zero-order valence-electron chi connectivity index (χ0n) is 15.7. The number of benzene rings is 2. The van der Waals surface area contributed by atoms with Gasteiger partial charge in [0.2, 0.25) is 0 Å². The summed E-state index contributed by atoms with van der Waals surface area (Å²) in [5.41, 5.74) is 6.68. The SMILES string of the molecule is CCOc1ccc(O[C@H](C)C(=O)NNC(=O)/C=C/c2ccccc2C)cc1. The van der Waals surface area contributed by atoms with Crippen molar-refractivity contribution in [3.05, 3.63) is 65.7 Å². The topological polar surface area (TPSA) is 76.7 Å². The van der Waals surface area contributed by atoms with Crippen molar-refractivity contribution < 1.29 is 19.1 Å². The molecular formula is C21H24N2O4. The van der Waals surface area contributed by atoms with E-state index >= 15 is 0 Å². The predicted molar refractivity (Wildman–Crippen MR) is 104 cm³/mol. The van der Waals surface area contributed by atoms with Crippen molar-refractivity contribution in [2.45, 2.75) is 26.9 Å². The molecule has 2 N–H and O–H groups in total. The minimum atomic E-state index is -0.774. The third-order valence-corrected chi connectivity index (χ3v) is 3.73. The average Bonchev–Trinajstić information content (AvgIpc) is 2.67. The van der Waals surface area contributed by atoms with Crippen LogP contribution in [0.2, 0.25) is 0 Å². The van der Waals surface area contributed by atoms with Crippen LogP contribution < -0.4 is 20.3 Å². The van der Waals surface area contributed by atoms with Crippen molar-refractivity contribution in [2.24, 2.45) is 0 Å². The van der Waals surface area contributed by atoms with Gasteiger partial charge in [-0.2, -0.15) is 0 Å². The molecule has 2 aromatic rings. The minimum Gasteiger partial charge on any atom is -0.494 e. The zero-order chi connectivity index (χ0) is 19.6. The van der Waals surface area contributed by atoms with E-state index in [4.69, 9.17) is 9.47 Å². The van der Waals surface area contributed by atoms with Crippen LogP contribution >= 0.6 is 0 Å². The Balaban J connectivity index is 1.80. The van der Waals surface area contributed by atoms with Crippen molar-refractivity contribution in [2.75, 3.05) is 6.61 Å². The first-order chi connectivity index (χ1) is 13.0. The van der Waals surface area contributed by atoms with E-state index in [0.717, 1.165) is 16.9 Å². The molecule has 6 heteroatoms. The molecule has 0 heterocycles. The van der Waals surface area contributed by atoms with E-state index < -0.39 is 17.9 Å². The highest BCUT2D eigenvalue weighted by atomic mass is 16.5. The summed E-state index contributed by atoms with van der Waals surface area (Å²) >= 11 is 0. The lowest BCUT2D eigenvalue weighted by Gasteiger charge is -2.15. The maximum absolute atomic E-state index is 12.1.